The van der Waals surface area contributed by atoms with Crippen molar-refractivity contribution in [2.45, 2.75) is 19.3 Å². The molecule has 0 saturated carbocycles. The highest BCUT2D eigenvalue weighted by atomic mass is 32.1. The van der Waals surface area contributed by atoms with Crippen molar-refractivity contribution >= 4 is 28.8 Å². The highest BCUT2D eigenvalue weighted by Gasteiger charge is 2.16. The number of amides is 2. The van der Waals surface area contributed by atoms with Gasteiger partial charge in [0, 0.05) is 29.3 Å². The molecule has 2 amide bonds. The molecule has 0 aliphatic rings. The number of thiophene rings is 1. The molecule has 2 rings (SSSR count). The smallest absolute Gasteiger partial charge is 0.251 e. The standard InChI is InChI=1S/C17H20N2O3S/c1-12(15-4-2-11-23-15)16(21)19-14-7-5-13(6-8-14)17(22)18-9-3-10-20/h2,4-8,11-12,20H,3,9-10H2,1H3,(H,18,22)(H,19,21). The van der Waals surface area contributed by atoms with Crippen molar-refractivity contribution in [2.75, 3.05) is 18.5 Å². The van der Waals surface area contributed by atoms with Gasteiger partial charge in [-0.05, 0) is 49.1 Å². The average Bonchev–Trinajstić information content (AvgIpc) is 3.09. The van der Waals surface area contributed by atoms with E-state index in [0.717, 1.165) is 4.88 Å². The molecule has 122 valence electrons. The fraction of sp³-hybridized carbons (Fsp3) is 0.294. The number of anilines is 1. The zero-order chi connectivity index (χ0) is 16.7. The van der Waals surface area contributed by atoms with Gasteiger partial charge in [-0.15, -0.1) is 11.3 Å². The Morgan fingerprint density at radius 2 is 1.96 bits per heavy atom. The summed E-state index contributed by atoms with van der Waals surface area (Å²) >= 11 is 1.55. The number of rotatable bonds is 7. The van der Waals surface area contributed by atoms with E-state index in [9.17, 15) is 9.59 Å². The number of hydrogen-bond donors (Lipinski definition) is 3. The first-order valence-electron chi connectivity index (χ1n) is 7.45. The molecular weight excluding hydrogens is 312 g/mol. The molecule has 1 aromatic heterocycles. The van der Waals surface area contributed by atoms with Crippen LogP contribution in [0.4, 0.5) is 5.69 Å². The molecule has 0 aliphatic heterocycles. The van der Waals surface area contributed by atoms with E-state index < -0.39 is 0 Å². The van der Waals surface area contributed by atoms with Crippen LogP contribution in [0.1, 0.15) is 34.5 Å². The number of hydrogen-bond acceptors (Lipinski definition) is 4. The number of benzene rings is 1. The molecule has 0 saturated heterocycles. The van der Waals surface area contributed by atoms with Gasteiger partial charge in [0.05, 0.1) is 5.92 Å². The van der Waals surface area contributed by atoms with Crippen molar-refractivity contribution in [1.29, 1.82) is 0 Å². The quantitative estimate of drug-likeness (QED) is 0.682. The van der Waals surface area contributed by atoms with Gasteiger partial charge in [-0.1, -0.05) is 6.07 Å². The molecule has 0 fully saturated rings. The number of carbonyl (C=O) groups is 2. The van der Waals surface area contributed by atoms with Crippen LogP contribution in [0.15, 0.2) is 41.8 Å². The number of nitrogens with one attached hydrogen (secondary N) is 2. The molecular formula is C17H20N2O3S. The van der Waals surface area contributed by atoms with Gasteiger partial charge in [0.15, 0.2) is 0 Å². The second-order valence-corrected chi connectivity index (χ2v) is 6.12. The van der Waals surface area contributed by atoms with Crippen LogP contribution >= 0.6 is 11.3 Å². The molecule has 1 heterocycles. The maximum Gasteiger partial charge on any atom is 0.251 e. The summed E-state index contributed by atoms with van der Waals surface area (Å²) in [5, 5.41) is 16.2. The number of carbonyl (C=O) groups excluding carboxylic acids is 2. The third-order valence-electron chi connectivity index (χ3n) is 3.40. The molecule has 5 nitrogen and oxygen atoms in total. The Balaban J connectivity index is 1.92. The Morgan fingerprint density at radius 1 is 1.22 bits per heavy atom. The first-order valence-corrected chi connectivity index (χ1v) is 8.33. The lowest BCUT2D eigenvalue weighted by Gasteiger charge is -2.11. The minimum Gasteiger partial charge on any atom is -0.396 e. The molecule has 0 spiro atoms. The van der Waals surface area contributed by atoms with Crippen LogP contribution in [0.25, 0.3) is 0 Å². The van der Waals surface area contributed by atoms with Crippen molar-refractivity contribution in [2.24, 2.45) is 0 Å². The Kier molecular flexibility index (Phi) is 6.31. The highest BCUT2D eigenvalue weighted by Crippen LogP contribution is 2.22. The summed E-state index contributed by atoms with van der Waals surface area (Å²) < 4.78 is 0. The van der Waals surface area contributed by atoms with Crippen molar-refractivity contribution in [3.05, 3.63) is 52.2 Å². The van der Waals surface area contributed by atoms with E-state index in [-0.39, 0.29) is 24.3 Å². The fourth-order valence-electron chi connectivity index (χ4n) is 2.01. The minimum absolute atomic E-state index is 0.0493. The van der Waals surface area contributed by atoms with Gasteiger partial charge in [-0.25, -0.2) is 0 Å². The Morgan fingerprint density at radius 3 is 2.57 bits per heavy atom. The lowest BCUT2D eigenvalue weighted by Crippen LogP contribution is -2.25. The molecule has 0 radical (unpaired) electrons. The van der Waals surface area contributed by atoms with Crippen LogP contribution in [0.3, 0.4) is 0 Å². The SMILES string of the molecule is CC(C(=O)Nc1ccc(C(=O)NCCCO)cc1)c1cccs1. The van der Waals surface area contributed by atoms with Gasteiger partial charge in [0.2, 0.25) is 5.91 Å². The zero-order valence-corrected chi connectivity index (χ0v) is 13.7. The third-order valence-corrected chi connectivity index (χ3v) is 4.45. The van der Waals surface area contributed by atoms with Crippen molar-refractivity contribution in [3.63, 3.8) is 0 Å². The van der Waals surface area contributed by atoms with Crippen LogP contribution in [0, 0.1) is 0 Å². The van der Waals surface area contributed by atoms with Crippen LogP contribution < -0.4 is 10.6 Å². The summed E-state index contributed by atoms with van der Waals surface area (Å²) in [5.74, 6) is -0.479. The van der Waals surface area contributed by atoms with Crippen molar-refractivity contribution < 1.29 is 14.7 Å². The summed E-state index contributed by atoms with van der Waals surface area (Å²) in [7, 11) is 0. The van der Waals surface area contributed by atoms with E-state index in [2.05, 4.69) is 10.6 Å². The molecule has 0 bridgehead atoms. The maximum absolute atomic E-state index is 12.2. The van der Waals surface area contributed by atoms with E-state index >= 15 is 0 Å². The zero-order valence-electron chi connectivity index (χ0n) is 12.9. The van der Waals surface area contributed by atoms with E-state index in [1.807, 2.05) is 24.4 Å². The van der Waals surface area contributed by atoms with E-state index in [1.54, 1.807) is 35.6 Å². The molecule has 1 aromatic carbocycles. The van der Waals surface area contributed by atoms with E-state index in [0.29, 0.717) is 24.2 Å². The van der Waals surface area contributed by atoms with Crippen molar-refractivity contribution in [3.8, 4) is 0 Å². The molecule has 0 aliphatic carbocycles. The van der Waals surface area contributed by atoms with Gasteiger partial charge in [0.25, 0.3) is 5.91 Å². The van der Waals surface area contributed by atoms with Gasteiger partial charge in [0.1, 0.15) is 0 Å². The summed E-state index contributed by atoms with van der Waals surface area (Å²) in [6, 6.07) is 10.6. The predicted molar refractivity (Wildman–Crippen MR) is 91.8 cm³/mol. The lowest BCUT2D eigenvalue weighted by molar-refractivity contribution is -0.117. The summed E-state index contributed by atoms with van der Waals surface area (Å²) in [6.07, 6.45) is 0.528. The van der Waals surface area contributed by atoms with Crippen LogP contribution in [0.5, 0.6) is 0 Å². The predicted octanol–water partition coefficient (Wildman–Crippen LogP) is 2.60. The van der Waals surface area contributed by atoms with E-state index in [1.165, 1.54) is 0 Å². The van der Waals surface area contributed by atoms with Crippen LogP contribution in [0.2, 0.25) is 0 Å². The summed E-state index contributed by atoms with van der Waals surface area (Å²) in [5.41, 5.74) is 1.18. The van der Waals surface area contributed by atoms with Gasteiger partial charge < -0.3 is 15.7 Å². The minimum atomic E-state index is -0.212. The highest BCUT2D eigenvalue weighted by molar-refractivity contribution is 7.10. The molecule has 1 unspecified atom stereocenters. The second-order valence-electron chi connectivity index (χ2n) is 5.14. The Hall–Kier alpha value is -2.18. The molecule has 1 atom stereocenters. The summed E-state index contributed by atoms with van der Waals surface area (Å²) in [4.78, 5) is 25.1. The lowest BCUT2D eigenvalue weighted by atomic mass is 10.1. The topological polar surface area (TPSA) is 78.4 Å². The van der Waals surface area contributed by atoms with E-state index in [4.69, 9.17) is 5.11 Å². The number of aliphatic hydroxyl groups is 1. The largest absolute Gasteiger partial charge is 0.396 e. The normalized spacial score (nSPS) is 11.7. The molecule has 3 N–H and O–H groups in total. The third kappa shape index (κ3) is 4.91. The monoisotopic (exact) mass is 332 g/mol. The molecule has 2 aromatic rings. The van der Waals surface area contributed by atoms with Crippen molar-refractivity contribution in [1.82, 2.24) is 5.32 Å². The Bertz CT molecular complexity index is 638. The first-order chi connectivity index (χ1) is 11.1. The fourth-order valence-corrected chi connectivity index (χ4v) is 2.79. The van der Waals surface area contributed by atoms with Gasteiger partial charge in [-0.3, -0.25) is 9.59 Å². The van der Waals surface area contributed by atoms with Gasteiger partial charge in [-0.2, -0.15) is 0 Å². The maximum atomic E-state index is 12.2. The van der Waals surface area contributed by atoms with Crippen LogP contribution in [-0.4, -0.2) is 30.1 Å². The average molecular weight is 332 g/mol. The van der Waals surface area contributed by atoms with Crippen LogP contribution in [-0.2, 0) is 4.79 Å². The second kappa shape index (κ2) is 8.45. The molecule has 23 heavy (non-hydrogen) atoms. The number of aliphatic hydroxyl groups excluding tert-OH is 1. The van der Waals surface area contributed by atoms with Gasteiger partial charge >= 0.3 is 0 Å². The first kappa shape index (κ1) is 17.2. The molecule has 6 heteroatoms. The Labute approximate surface area is 139 Å². The summed E-state index contributed by atoms with van der Waals surface area (Å²) in [6.45, 7) is 2.35.